The third-order valence-electron chi connectivity index (χ3n) is 3.27. The third kappa shape index (κ3) is 3.35. The molecule has 1 unspecified atom stereocenters. The fourth-order valence-corrected chi connectivity index (χ4v) is 2.07. The van der Waals surface area contributed by atoms with Gasteiger partial charge in [0, 0.05) is 36.3 Å². The van der Waals surface area contributed by atoms with Gasteiger partial charge in [-0.05, 0) is 32.5 Å². The molecule has 2 rings (SSSR count). The number of aryl methyl sites for hydroxylation is 1. The average Bonchev–Trinajstić information content (AvgIpc) is 2.85. The summed E-state index contributed by atoms with van der Waals surface area (Å²) in [6, 6.07) is 6.41. The van der Waals surface area contributed by atoms with E-state index in [1.807, 2.05) is 26.1 Å². The van der Waals surface area contributed by atoms with E-state index in [2.05, 4.69) is 40.3 Å². The first-order valence-corrected chi connectivity index (χ1v) is 6.47. The van der Waals surface area contributed by atoms with Crippen molar-refractivity contribution in [3.8, 4) is 5.75 Å². The molecule has 2 aromatic rings. The third-order valence-corrected chi connectivity index (χ3v) is 3.27. The minimum absolute atomic E-state index is 0.362. The monoisotopic (exact) mass is 259 g/mol. The molecule has 4 nitrogen and oxygen atoms in total. The number of ether oxygens (including phenoxy) is 1. The van der Waals surface area contributed by atoms with Gasteiger partial charge in [0.15, 0.2) is 0 Å². The number of methoxy groups -OCH3 is 1. The fourth-order valence-electron chi connectivity index (χ4n) is 2.07. The predicted octanol–water partition coefficient (Wildman–Crippen LogP) is 2.53. The molecule has 2 heterocycles. The lowest BCUT2D eigenvalue weighted by atomic mass is 10.2. The molecule has 0 saturated heterocycles. The number of hydrogen-bond acceptors (Lipinski definition) is 3. The van der Waals surface area contributed by atoms with Crippen molar-refractivity contribution in [3.63, 3.8) is 0 Å². The summed E-state index contributed by atoms with van der Waals surface area (Å²) in [7, 11) is 3.65. The Hall–Kier alpha value is -1.81. The van der Waals surface area contributed by atoms with Crippen molar-refractivity contribution < 1.29 is 4.74 Å². The lowest BCUT2D eigenvalue weighted by molar-refractivity contribution is 0.413. The van der Waals surface area contributed by atoms with Crippen LogP contribution in [0.3, 0.4) is 0 Å². The molecule has 0 aliphatic rings. The first-order valence-electron chi connectivity index (χ1n) is 6.47. The van der Waals surface area contributed by atoms with Crippen LogP contribution in [0.2, 0.25) is 0 Å². The normalized spacial score (nSPS) is 12.4. The second-order valence-electron chi connectivity index (χ2n) is 4.77. The van der Waals surface area contributed by atoms with Crippen LogP contribution in [0.15, 0.2) is 30.6 Å². The molecule has 0 spiro atoms. The molecule has 4 heteroatoms. The van der Waals surface area contributed by atoms with Crippen LogP contribution in [-0.4, -0.2) is 23.7 Å². The van der Waals surface area contributed by atoms with Gasteiger partial charge in [0.1, 0.15) is 5.75 Å². The van der Waals surface area contributed by atoms with Crippen molar-refractivity contribution in [3.05, 3.63) is 47.5 Å². The zero-order chi connectivity index (χ0) is 13.8. The molecule has 0 amide bonds. The van der Waals surface area contributed by atoms with E-state index < -0.39 is 0 Å². The number of nitrogens with zero attached hydrogens (tertiary/aromatic N) is 2. The Labute approximate surface area is 114 Å². The summed E-state index contributed by atoms with van der Waals surface area (Å²) in [5.74, 6) is 0.860. The molecule has 102 valence electrons. The zero-order valence-corrected chi connectivity index (χ0v) is 12.0. The Morgan fingerprint density at radius 2 is 2.21 bits per heavy atom. The molecule has 0 aliphatic heterocycles. The summed E-state index contributed by atoms with van der Waals surface area (Å²) in [6.07, 6.45) is 4.23. The molecule has 0 aromatic carbocycles. The van der Waals surface area contributed by atoms with E-state index in [9.17, 15) is 0 Å². The highest BCUT2D eigenvalue weighted by molar-refractivity contribution is 5.27. The van der Waals surface area contributed by atoms with E-state index in [0.717, 1.165) is 23.7 Å². The number of aromatic nitrogens is 2. The van der Waals surface area contributed by atoms with Crippen LogP contribution in [0.5, 0.6) is 5.75 Å². The van der Waals surface area contributed by atoms with Crippen molar-refractivity contribution in [2.45, 2.75) is 26.4 Å². The summed E-state index contributed by atoms with van der Waals surface area (Å²) in [4.78, 5) is 4.53. The molecule has 2 aromatic heterocycles. The largest absolute Gasteiger partial charge is 0.497 e. The van der Waals surface area contributed by atoms with Gasteiger partial charge in [-0.15, -0.1) is 0 Å². The number of rotatable bonds is 5. The Morgan fingerprint density at radius 1 is 1.42 bits per heavy atom. The molecule has 19 heavy (non-hydrogen) atoms. The maximum atomic E-state index is 5.27. The van der Waals surface area contributed by atoms with E-state index >= 15 is 0 Å². The quantitative estimate of drug-likeness (QED) is 0.897. The molecule has 0 saturated carbocycles. The number of hydrogen-bond donors (Lipinski definition) is 1. The second kappa shape index (κ2) is 5.89. The first kappa shape index (κ1) is 13.6. The highest BCUT2D eigenvalue weighted by atomic mass is 16.5. The van der Waals surface area contributed by atoms with Crippen molar-refractivity contribution in [2.75, 3.05) is 14.2 Å². The average molecular weight is 259 g/mol. The maximum absolute atomic E-state index is 5.27. The molecular formula is C15H21N3O. The van der Waals surface area contributed by atoms with Crippen molar-refractivity contribution in [1.29, 1.82) is 0 Å². The van der Waals surface area contributed by atoms with Gasteiger partial charge in [-0.3, -0.25) is 4.98 Å². The van der Waals surface area contributed by atoms with Gasteiger partial charge in [0.2, 0.25) is 0 Å². The smallest absolute Gasteiger partial charge is 0.122 e. The molecule has 0 bridgehead atoms. The van der Waals surface area contributed by atoms with E-state index in [0.29, 0.717) is 6.04 Å². The minimum Gasteiger partial charge on any atom is -0.497 e. The van der Waals surface area contributed by atoms with Gasteiger partial charge in [-0.1, -0.05) is 0 Å². The summed E-state index contributed by atoms with van der Waals surface area (Å²) in [5, 5.41) is 3.24. The molecule has 0 fully saturated rings. The summed E-state index contributed by atoms with van der Waals surface area (Å²) in [6.45, 7) is 4.89. The van der Waals surface area contributed by atoms with Crippen LogP contribution in [0.25, 0.3) is 0 Å². The van der Waals surface area contributed by atoms with E-state index in [1.165, 1.54) is 5.56 Å². The van der Waals surface area contributed by atoms with Gasteiger partial charge in [-0.2, -0.15) is 0 Å². The lowest BCUT2D eigenvalue weighted by Gasteiger charge is -2.08. The van der Waals surface area contributed by atoms with E-state index in [4.69, 9.17) is 4.74 Å². The van der Waals surface area contributed by atoms with Crippen molar-refractivity contribution in [1.82, 2.24) is 14.9 Å². The topological polar surface area (TPSA) is 39.1 Å². The molecule has 1 atom stereocenters. The lowest BCUT2D eigenvalue weighted by Crippen LogP contribution is -2.11. The van der Waals surface area contributed by atoms with Crippen LogP contribution >= 0.6 is 0 Å². The Balaban J connectivity index is 2.16. The van der Waals surface area contributed by atoms with Gasteiger partial charge in [0.25, 0.3) is 0 Å². The van der Waals surface area contributed by atoms with Crippen molar-refractivity contribution in [2.24, 2.45) is 0 Å². The van der Waals surface area contributed by atoms with Crippen LogP contribution in [0, 0.1) is 6.92 Å². The fraction of sp³-hybridized carbons (Fsp3) is 0.400. The van der Waals surface area contributed by atoms with Gasteiger partial charge in [-0.25, -0.2) is 0 Å². The second-order valence-corrected chi connectivity index (χ2v) is 4.77. The van der Waals surface area contributed by atoms with Crippen molar-refractivity contribution >= 4 is 0 Å². The predicted molar refractivity (Wildman–Crippen MR) is 76.5 cm³/mol. The summed E-state index contributed by atoms with van der Waals surface area (Å²) < 4.78 is 7.42. The maximum Gasteiger partial charge on any atom is 0.122 e. The zero-order valence-electron chi connectivity index (χ0n) is 12.0. The SMILES string of the molecule is CNC(C)c1ccn(Cc2cc(OC)cc(C)n2)c1. The number of pyridine rings is 1. The molecular weight excluding hydrogens is 238 g/mol. The Kier molecular flexibility index (Phi) is 4.22. The Bertz CT molecular complexity index is 548. The highest BCUT2D eigenvalue weighted by Gasteiger charge is 2.06. The number of nitrogens with one attached hydrogen (secondary N) is 1. The minimum atomic E-state index is 0.362. The van der Waals surface area contributed by atoms with Gasteiger partial charge < -0.3 is 14.6 Å². The first-order chi connectivity index (χ1) is 9.12. The van der Waals surface area contributed by atoms with E-state index in [-0.39, 0.29) is 0 Å². The van der Waals surface area contributed by atoms with Crippen LogP contribution in [0.1, 0.15) is 29.9 Å². The van der Waals surface area contributed by atoms with E-state index in [1.54, 1.807) is 7.11 Å². The van der Waals surface area contributed by atoms with Gasteiger partial charge >= 0.3 is 0 Å². The molecule has 1 N–H and O–H groups in total. The van der Waals surface area contributed by atoms with Crippen LogP contribution in [0.4, 0.5) is 0 Å². The Morgan fingerprint density at radius 3 is 2.89 bits per heavy atom. The highest BCUT2D eigenvalue weighted by Crippen LogP contribution is 2.16. The standard InChI is InChI=1S/C15H21N3O/c1-11-7-15(19-4)8-14(17-11)10-18-6-5-13(9-18)12(2)16-3/h5-9,12,16H,10H2,1-4H3. The summed E-state index contributed by atoms with van der Waals surface area (Å²) >= 11 is 0. The summed E-state index contributed by atoms with van der Waals surface area (Å²) in [5.41, 5.74) is 3.27. The molecule has 0 aliphatic carbocycles. The van der Waals surface area contributed by atoms with Crippen LogP contribution in [-0.2, 0) is 6.54 Å². The van der Waals surface area contributed by atoms with Crippen LogP contribution < -0.4 is 10.1 Å². The van der Waals surface area contributed by atoms with Gasteiger partial charge in [0.05, 0.1) is 19.3 Å². The molecule has 0 radical (unpaired) electrons.